The van der Waals surface area contributed by atoms with Crippen LogP contribution in [0.1, 0.15) is 6.92 Å². The summed E-state index contributed by atoms with van der Waals surface area (Å²) in [6.07, 6.45) is 0.888. The molecule has 8 heteroatoms. The first kappa shape index (κ1) is 21.2. The summed E-state index contributed by atoms with van der Waals surface area (Å²) in [6, 6.07) is 0. The molecule has 0 rings (SSSR count). The van der Waals surface area contributed by atoms with Crippen LogP contribution in [0.2, 0.25) is 0 Å². The Morgan fingerprint density at radius 2 is 1.09 bits per heavy atom. The van der Waals surface area contributed by atoms with Gasteiger partial charge in [0.1, 0.15) is 40.0 Å². The van der Waals surface area contributed by atoms with E-state index >= 15 is 0 Å². The molecule has 0 aliphatic carbocycles. The molecule has 0 unspecified atom stereocenters. The molecule has 0 N–H and O–H groups in total. The van der Waals surface area contributed by atoms with E-state index in [1.54, 1.807) is 0 Å². The molecule has 0 radical (unpaired) electrons. The van der Waals surface area contributed by atoms with E-state index < -0.39 is 75.2 Å². The van der Waals surface area contributed by atoms with Crippen molar-refractivity contribution in [2.24, 2.45) is 16.2 Å². The Labute approximate surface area is 124 Å². The van der Waals surface area contributed by atoms with E-state index in [9.17, 15) is 35.1 Å². The van der Waals surface area contributed by atoms with Crippen LogP contribution in [0.5, 0.6) is 0 Å². The van der Waals surface area contributed by atoms with Crippen LogP contribution in [0.4, 0.5) is 35.1 Å². The number of rotatable bonds is 11. The summed E-state index contributed by atoms with van der Waals surface area (Å²) >= 11 is 0. The maximum absolute atomic E-state index is 13.6. The summed E-state index contributed by atoms with van der Waals surface area (Å²) in [6.45, 7) is -13.5. The molecule has 0 heterocycles. The van der Waals surface area contributed by atoms with Crippen molar-refractivity contribution in [3.8, 4) is 0 Å². The van der Waals surface area contributed by atoms with E-state index in [1.165, 1.54) is 0 Å². The monoisotopic (exact) mass is 340 g/mol. The molecule has 0 aromatic heterocycles. The zero-order chi connectivity index (χ0) is 17.4. The summed E-state index contributed by atoms with van der Waals surface area (Å²) in [5.41, 5.74) is -9.47. The molecule has 0 aromatic rings. The van der Waals surface area contributed by atoms with Crippen LogP contribution in [0.3, 0.4) is 0 Å². The second-order valence-corrected chi connectivity index (χ2v) is 5.33. The predicted molar refractivity (Wildman–Crippen MR) is 68.9 cm³/mol. The second kappa shape index (κ2) is 8.72. The topological polar surface area (TPSA) is 0 Å². The van der Waals surface area contributed by atoms with Gasteiger partial charge < -0.3 is 0 Å². The van der Waals surface area contributed by atoms with Crippen LogP contribution in [0.15, 0.2) is 11.6 Å². The summed E-state index contributed by atoms with van der Waals surface area (Å²) in [7, 11) is 0. The van der Waals surface area contributed by atoms with Gasteiger partial charge in [-0.1, -0.05) is 6.08 Å². The third-order valence-corrected chi connectivity index (χ3v) is 4.72. The van der Waals surface area contributed by atoms with Crippen LogP contribution in [-0.2, 0) is 0 Å². The number of halogens is 8. The highest BCUT2D eigenvalue weighted by Gasteiger charge is 2.65. The van der Waals surface area contributed by atoms with E-state index in [2.05, 4.69) is 0 Å². The molecule has 0 aliphatic rings. The fraction of sp³-hybridized carbons (Fsp3) is 0.857. The Kier molecular flexibility index (Phi) is 8.39. The fourth-order valence-electron chi connectivity index (χ4n) is 2.83. The van der Waals surface area contributed by atoms with Crippen molar-refractivity contribution in [3.05, 3.63) is 11.6 Å². The van der Waals surface area contributed by atoms with Crippen molar-refractivity contribution in [1.82, 2.24) is 0 Å². The molecule has 0 aliphatic heterocycles. The van der Waals surface area contributed by atoms with Gasteiger partial charge in [0.15, 0.2) is 0 Å². The molecule has 0 amide bonds. The van der Waals surface area contributed by atoms with Crippen molar-refractivity contribution in [2.45, 2.75) is 6.92 Å². The largest absolute Gasteiger partial charge is 0.250 e. The molecule has 0 aromatic carbocycles. The van der Waals surface area contributed by atoms with E-state index in [1.807, 2.05) is 0 Å². The highest BCUT2D eigenvalue weighted by Crippen LogP contribution is 2.57. The first-order valence-electron chi connectivity index (χ1n) is 6.58. The Morgan fingerprint density at radius 1 is 0.682 bits per heavy atom. The van der Waals surface area contributed by atoms with Crippen molar-refractivity contribution < 1.29 is 35.1 Å². The Bertz CT molecular complexity index is 334. The standard InChI is InChI=1S/C14H20F8/c1-2-11(3-15)13(7-19,8-20)14(9-21,10-22)12(4-16,5-17)6-18/h2H,3-10H2,1H3/b11-2+. The molecular weight excluding hydrogens is 320 g/mol. The SMILES string of the molecule is C/C=C(\CF)C(CF)(CF)C(CF)(CF)C(CF)(CF)CF. The Hall–Kier alpha value is -0.820. The van der Waals surface area contributed by atoms with Gasteiger partial charge in [-0.05, 0) is 12.5 Å². The van der Waals surface area contributed by atoms with Gasteiger partial charge in [-0.25, -0.2) is 4.39 Å². The van der Waals surface area contributed by atoms with Crippen LogP contribution in [0.25, 0.3) is 0 Å². The number of allylic oxidation sites excluding steroid dienone is 2. The third kappa shape index (κ3) is 2.73. The first-order valence-corrected chi connectivity index (χ1v) is 6.58. The summed E-state index contributed by atoms with van der Waals surface area (Å²) < 4.78 is 107. The molecule has 0 atom stereocenters. The Balaban J connectivity index is 6.62. The van der Waals surface area contributed by atoms with Crippen LogP contribution in [0, 0.1) is 16.2 Å². The molecular formula is C14H20F8. The van der Waals surface area contributed by atoms with Crippen molar-refractivity contribution in [3.63, 3.8) is 0 Å². The van der Waals surface area contributed by atoms with Crippen LogP contribution in [-0.4, -0.2) is 53.4 Å². The lowest BCUT2D eigenvalue weighted by Gasteiger charge is -2.54. The molecule has 0 fully saturated rings. The molecule has 0 saturated heterocycles. The summed E-state index contributed by atoms with van der Waals surface area (Å²) in [4.78, 5) is 0. The van der Waals surface area contributed by atoms with Gasteiger partial charge in [-0.2, -0.15) is 0 Å². The average molecular weight is 340 g/mol. The lowest BCUT2D eigenvalue weighted by Crippen LogP contribution is -2.63. The smallest absolute Gasteiger partial charge is 0.111 e. The number of hydrogen-bond acceptors (Lipinski definition) is 0. The molecule has 0 saturated carbocycles. The molecule has 0 nitrogen and oxygen atoms in total. The minimum atomic E-state index is -3.03. The highest BCUT2D eigenvalue weighted by molar-refractivity contribution is 5.25. The van der Waals surface area contributed by atoms with Crippen molar-refractivity contribution in [1.29, 1.82) is 0 Å². The van der Waals surface area contributed by atoms with E-state index in [4.69, 9.17) is 0 Å². The predicted octanol–water partition coefficient (Wildman–Crippen LogP) is 4.65. The molecule has 22 heavy (non-hydrogen) atoms. The zero-order valence-electron chi connectivity index (χ0n) is 12.3. The third-order valence-electron chi connectivity index (χ3n) is 4.72. The van der Waals surface area contributed by atoms with Gasteiger partial charge in [0.25, 0.3) is 0 Å². The first-order chi connectivity index (χ1) is 10.4. The van der Waals surface area contributed by atoms with Crippen LogP contribution < -0.4 is 0 Å². The van der Waals surface area contributed by atoms with Gasteiger partial charge in [0.05, 0.1) is 29.6 Å². The highest BCUT2D eigenvalue weighted by atomic mass is 19.2. The summed E-state index contributed by atoms with van der Waals surface area (Å²) in [5, 5.41) is 0. The number of hydrogen-bond donors (Lipinski definition) is 0. The maximum atomic E-state index is 13.6. The van der Waals surface area contributed by atoms with E-state index in [-0.39, 0.29) is 0 Å². The lowest BCUT2D eigenvalue weighted by atomic mass is 9.51. The van der Waals surface area contributed by atoms with E-state index in [0.717, 1.165) is 13.0 Å². The maximum Gasteiger partial charge on any atom is 0.111 e. The minimum absolute atomic E-state index is 0.687. The molecule has 0 spiro atoms. The molecule has 132 valence electrons. The minimum Gasteiger partial charge on any atom is -0.250 e. The Morgan fingerprint density at radius 3 is 1.27 bits per heavy atom. The van der Waals surface area contributed by atoms with Gasteiger partial charge in [0.2, 0.25) is 0 Å². The normalized spacial score (nSPS) is 14.5. The average Bonchev–Trinajstić information content (AvgIpc) is 2.58. The van der Waals surface area contributed by atoms with Crippen molar-refractivity contribution >= 4 is 0 Å². The van der Waals surface area contributed by atoms with Gasteiger partial charge in [-0.3, -0.25) is 30.7 Å². The zero-order valence-corrected chi connectivity index (χ0v) is 12.3. The van der Waals surface area contributed by atoms with Crippen LogP contribution >= 0.6 is 0 Å². The van der Waals surface area contributed by atoms with Crippen molar-refractivity contribution in [2.75, 3.05) is 53.4 Å². The second-order valence-electron chi connectivity index (χ2n) is 5.33. The fourth-order valence-corrected chi connectivity index (χ4v) is 2.83. The van der Waals surface area contributed by atoms with Gasteiger partial charge >= 0.3 is 0 Å². The van der Waals surface area contributed by atoms with E-state index in [0.29, 0.717) is 0 Å². The quantitative estimate of drug-likeness (QED) is 0.379. The van der Waals surface area contributed by atoms with Gasteiger partial charge in [0, 0.05) is 0 Å². The van der Waals surface area contributed by atoms with Gasteiger partial charge in [-0.15, -0.1) is 0 Å². The molecule has 0 bridgehead atoms. The lowest BCUT2D eigenvalue weighted by molar-refractivity contribution is -0.147. The number of alkyl halides is 8. The summed E-state index contributed by atoms with van der Waals surface area (Å²) in [5.74, 6) is 0.